The number of phenols is 2. The molecule has 9 rings (SSSR count). The fourth-order valence-electron chi connectivity index (χ4n) is 11.0. The number of aromatic amines is 1. The number of hydrogen-bond acceptors (Lipinski definition) is 27. The Morgan fingerprint density at radius 3 is 2.30 bits per heavy atom. The minimum absolute atomic E-state index is 0.00285. The maximum Gasteiger partial charge on any atom is 0.490 e. The molecule has 6 aromatic rings. The number of aromatic nitrogens is 3. The number of phenolic OH excluding ortho intramolecular Hbond substituents is 2. The summed E-state index contributed by atoms with van der Waals surface area (Å²) in [6.07, 6.45) is 1.52. The van der Waals surface area contributed by atoms with Gasteiger partial charge in [0, 0.05) is 78.5 Å². The number of allylic oxidation sites excluding steroid dienone is 1. The molecule has 44 heteroatoms. The number of esters is 1. The number of benzene rings is 4. The zero-order chi connectivity index (χ0) is 76.9. The summed E-state index contributed by atoms with van der Waals surface area (Å²) < 4.78 is 129. The number of nitriles is 2. The molecule has 1 spiro atoms. The average Bonchev–Trinajstić information content (AvgIpc) is 1.27. The van der Waals surface area contributed by atoms with Crippen LogP contribution in [0.1, 0.15) is 87.7 Å². The second-order valence-electron chi connectivity index (χ2n) is 22.5. The number of carbonyl (C=O) groups is 4. The maximum atomic E-state index is 14.0. The number of aromatic hydroxyl groups is 2. The molecule has 0 aliphatic carbocycles. The molecule has 5 heterocycles. The first-order valence-corrected chi connectivity index (χ1v) is 38.1. The van der Waals surface area contributed by atoms with Gasteiger partial charge in [0.25, 0.3) is 21.6 Å². The zero-order valence-corrected chi connectivity index (χ0v) is 60.3. The number of hydrogen-bond donors (Lipinski definition) is 12. The quantitative estimate of drug-likeness (QED) is 0.00367. The fraction of sp³-hybridized carbons (Fsp3) is 0.323. The summed E-state index contributed by atoms with van der Waals surface area (Å²) >= 11 is 20.3. The predicted molar refractivity (Wildman–Crippen MR) is 367 cm³/mol. The molecule has 0 bridgehead atoms. The van der Waals surface area contributed by atoms with Gasteiger partial charge in [0.15, 0.2) is 11.2 Å². The van der Waals surface area contributed by atoms with E-state index in [-0.39, 0.29) is 178 Å². The second-order valence-corrected chi connectivity index (χ2v) is 29.5. The lowest BCUT2D eigenvalue weighted by molar-refractivity contribution is -0.121. The summed E-state index contributed by atoms with van der Waals surface area (Å²) in [5.41, 5.74) is 2.23. The van der Waals surface area contributed by atoms with Crippen molar-refractivity contribution in [3.8, 4) is 58.1 Å². The van der Waals surface area contributed by atoms with Crippen LogP contribution < -0.4 is 32.0 Å². The van der Waals surface area contributed by atoms with Crippen molar-refractivity contribution < 1.29 is 127 Å². The number of phosphoric ester groups is 1. The molecule has 3 aliphatic rings. The number of anilines is 1. The van der Waals surface area contributed by atoms with Crippen molar-refractivity contribution in [1.29, 1.82) is 10.5 Å². The van der Waals surface area contributed by atoms with Gasteiger partial charge in [0.2, 0.25) is 11.9 Å². The molecule has 37 nitrogen and oxygen atoms in total. The van der Waals surface area contributed by atoms with Crippen LogP contribution in [0, 0.1) is 34.5 Å². The highest BCUT2D eigenvalue weighted by Gasteiger charge is 2.57. The van der Waals surface area contributed by atoms with Gasteiger partial charge in [0.1, 0.15) is 59.5 Å². The van der Waals surface area contributed by atoms with Gasteiger partial charge >= 0.3 is 35.5 Å². The standard InChI is InChI=1S/C62H61Cl3N9O28P3S/c63-41-26-40-46(28-44(41)76)98-45-27-43(75)37(36-9-3-4-10-49(36)106(89,90)91)24-39(45)62(40)54-53(59(80)100-62)42(64)25-38(55(54)65)57(78)70-14-5-1-2-11-50(77)69-16-19-93-21-20-92-18-12-34(30-67)32-94-22-23-96-61(81)71-15-6-8-35-31-74(56-52(35)58(79)73-60(68)72-56)51-29-47(95-17-7-13-66)48(99-51)33-97-104(85,86)102-105(87,88)101-103(82,83)84/h3-4,7,9-10,17,24-28,31-32,47-48,51,75-76H,1-2,5,11-12,14-16,18-23,29,33H2,(H,69,77)(H,70,78)(H,71,81)(H,85,86)(H,87,88)(H2,82,83,84)(H,89,90,91)(H3,68,72,73,79)/b17-7+,34-32-/t47-,48-,51?,62?/m1/s1. The Morgan fingerprint density at radius 2 is 1.58 bits per heavy atom. The van der Waals surface area contributed by atoms with Crippen LogP contribution in [0.25, 0.3) is 22.2 Å². The Kier molecular flexibility index (Phi) is 26.8. The number of rotatable bonds is 33. The van der Waals surface area contributed by atoms with Crippen molar-refractivity contribution in [2.24, 2.45) is 0 Å². The Morgan fingerprint density at radius 1 is 0.849 bits per heavy atom. The number of unbranched alkanes of at least 4 members (excludes halogenated alkanes) is 2. The van der Waals surface area contributed by atoms with Crippen LogP contribution >= 0.6 is 58.3 Å². The van der Waals surface area contributed by atoms with E-state index in [0.717, 1.165) is 30.5 Å². The van der Waals surface area contributed by atoms with Crippen LogP contribution in [-0.4, -0.2) is 159 Å². The van der Waals surface area contributed by atoms with Crippen molar-refractivity contribution in [2.75, 3.05) is 71.6 Å². The normalized spacial score (nSPS) is 17.8. The van der Waals surface area contributed by atoms with Gasteiger partial charge in [0.05, 0.1) is 113 Å². The highest BCUT2D eigenvalue weighted by Crippen LogP contribution is 2.67. The summed E-state index contributed by atoms with van der Waals surface area (Å²) in [5, 5.41) is 47.6. The summed E-state index contributed by atoms with van der Waals surface area (Å²) in [6.45, 7) is -0.684. The third-order valence-electron chi connectivity index (χ3n) is 15.4. The van der Waals surface area contributed by atoms with Crippen molar-refractivity contribution in [1.82, 2.24) is 30.5 Å². The van der Waals surface area contributed by atoms with Crippen LogP contribution in [0.5, 0.6) is 23.0 Å². The molecule has 564 valence electrons. The van der Waals surface area contributed by atoms with E-state index in [1.807, 2.05) is 6.07 Å². The molecule has 3 amide bonds. The molecule has 6 atom stereocenters. The predicted octanol–water partition coefficient (Wildman–Crippen LogP) is 7.24. The van der Waals surface area contributed by atoms with Crippen LogP contribution in [0.4, 0.5) is 10.7 Å². The van der Waals surface area contributed by atoms with Gasteiger partial charge in [-0.05, 0) is 37.1 Å². The first-order valence-electron chi connectivity index (χ1n) is 31.0. The van der Waals surface area contributed by atoms with Crippen molar-refractivity contribution in [2.45, 2.75) is 67.5 Å². The summed E-state index contributed by atoms with van der Waals surface area (Å²) in [5.74, 6) is 1.91. The molecule has 4 aromatic carbocycles. The summed E-state index contributed by atoms with van der Waals surface area (Å²) in [4.78, 5) is 109. The average molecular weight is 1610 g/mol. The topological polar surface area (TPSA) is 557 Å². The van der Waals surface area contributed by atoms with Crippen molar-refractivity contribution in [3.05, 3.63) is 144 Å². The number of H-pyrrole nitrogens is 1. The Hall–Kier alpha value is -9.13. The van der Waals surface area contributed by atoms with Gasteiger partial charge in [-0.1, -0.05) is 71.3 Å². The van der Waals surface area contributed by atoms with Gasteiger partial charge in [-0.3, -0.25) is 28.4 Å². The number of amides is 3. The summed E-state index contributed by atoms with van der Waals surface area (Å²) in [7, 11) is -22.0. The number of phosphoric acid groups is 3. The number of nitrogen functional groups attached to an aromatic ring is 1. The first-order chi connectivity index (χ1) is 50.2. The van der Waals surface area contributed by atoms with Gasteiger partial charge in [-0.15, -0.1) is 0 Å². The molecule has 0 radical (unpaired) electrons. The number of carbonyl (C=O) groups excluding carboxylic acids is 4. The number of halogens is 3. The number of nitrogens with one attached hydrogen (secondary N) is 4. The minimum atomic E-state index is -5.86. The van der Waals surface area contributed by atoms with E-state index in [9.17, 15) is 75.9 Å². The number of ether oxygens (including phenoxy) is 8. The van der Waals surface area contributed by atoms with Crippen LogP contribution in [0.15, 0.2) is 94.7 Å². The lowest BCUT2D eigenvalue weighted by Crippen LogP contribution is -2.34. The number of alkyl carbamates (subject to hydrolysis) is 1. The summed E-state index contributed by atoms with van der Waals surface area (Å²) in [6, 6.07) is 14.9. The van der Waals surface area contributed by atoms with Gasteiger partial charge in [-0.2, -0.15) is 32.5 Å². The van der Waals surface area contributed by atoms with E-state index in [4.69, 9.17) is 98.0 Å². The van der Waals surface area contributed by atoms with Crippen LogP contribution in [0.2, 0.25) is 15.1 Å². The first kappa shape index (κ1) is 81.0. The number of fused-ring (bicyclic) bond motifs is 7. The van der Waals surface area contributed by atoms with Crippen molar-refractivity contribution >= 4 is 109 Å². The number of nitrogens with two attached hydrogens (primary N) is 1. The van der Waals surface area contributed by atoms with Gasteiger partial charge < -0.3 is 93.9 Å². The van der Waals surface area contributed by atoms with Crippen LogP contribution in [0.3, 0.4) is 0 Å². The second kappa shape index (κ2) is 35.1. The Labute approximate surface area is 614 Å². The third-order valence-corrected chi connectivity index (χ3v) is 21.1. The lowest BCUT2D eigenvalue weighted by atomic mass is 9.76. The molecule has 0 saturated carbocycles. The van der Waals surface area contributed by atoms with Crippen LogP contribution in [-0.2, 0) is 80.5 Å². The Bertz CT molecular complexity index is 4980. The molecule has 1 saturated heterocycles. The van der Waals surface area contributed by atoms with E-state index in [2.05, 4.69) is 46.4 Å². The fourth-order valence-corrected chi connectivity index (χ4v) is 15.5. The maximum absolute atomic E-state index is 14.0. The van der Waals surface area contributed by atoms with E-state index in [1.165, 1.54) is 53.4 Å². The molecule has 2 aromatic heterocycles. The molecule has 4 unspecified atom stereocenters. The Balaban J connectivity index is 0.654. The molecular weight excluding hydrogens is 1550 g/mol. The van der Waals surface area contributed by atoms with E-state index < -0.39 is 104 Å². The smallest absolute Gasteiger partial charge is 0.490 e. The molecule has 13 N–H and O–H groups in total. The third kappa shape index (κ3) is 20.1. The minimum Gasteiger partial charge on any atom is -0.507 e. The zero-order valence-electron chi connectivity index (χ0n) is 54.5. The molecular formula is C62H61Cl3N9O28P3S. The van der Waals surface area contributed by atoms with Crippen molar-refractivity contribution in [3.63, 3.8) is 0 Å². The van der Waals surface area contributed by atoms with Gasteiger partial charge in [-0.25, -0.2) is 23.3 Å². The molecule has 1 fully saturated rings. The van der Waals surface area contributed by atoms with E-state index >= 15 is 0 Å². The van der Waals surface area contributed by atoms with E-state index in [1.54, 1.807) is 6.07 Å². The molecule has 106 heavy (non-hydrogen) atoms. The van der Waals surface area contributed by atoms with E-state index in [0.29, 0.717) is 19.3 Å². The molecule has 3 aliphatic heterocycles. The highest BCUT2D eigenvalue weighted by molar-refractivity contribution is 7.86. The lowest BCUT2D eigenvalue weighted by Gasteiger charge is -2.37. The monoisotopic (exact) mass is 1610 g/mol. The highest BCUT2D eigenvalue weighted by atomic mass is 35.5. The largest absolute Gasteiger partial charge is 0.507 e. The SMILES string of the molecule is N#C/C=C/O[C@@H]1CC(n2cc(C#CCNC(=O)OCCO/C=C(\C#N)CCOCCOCCNC(=O)CCCCCNC(=O)c3cc(Cl)c4c(c3Cl)C3(OC4=O)c4cc(Cl)c(O)cc4Oc4cc(O)c(-c5ccccc5S(=O)(=O)O)cc43)c3c(=O)[nH]c(N)nc32)O[C@@H]1COP(=O)(O)OP(=O)(O)OP(=O)(O)O. The number of nitrogens with zero attached hydrogens (tertiary/aromatic N) is 4.